The Morgan fingerprint density at radius 2 is 1.44 bits per heavy atom. The number of aryl methyl sites for hydroxylation is 2. The molecule has 3 heterocycles. The van der Waals surface area contributed by atoms with Crippen LogP contribution >= 0.6 is 7.82 Å². The smallest absolute Gasteiger partial charge is 0.404 e. The van der Waals surface area contributed by atoms with Gasteiger partial charge in [0.15, 0.2) is 0 Å². The molecule has 5 rings (SSSR count). The Morgan fingerprint density at radius 3 is 2.00 bits per heavy atom. The first kappa shape index (κ1) is 26.5. The molecule has 0 saturated carbocycles. The molecule has 3 fully saturated rings. The zero-order chi connectivity index (χ0) is 25.9. The quantitative estimate of drug-likeness (QED) is 0.260. The number of phosphoric acid groups is 1. The second-order valence-electron chi connectivity index (χ2n) is 9.61. The number of unbranched alkanes of at least 4 members (excludes halogenated alkanes) is 2. The van der Waals surface area contributed by atoms with Gasteiger partial charge in [-0.3, -0.25) is 19.4 Å². The van der Waals surface area contributed by atoms with Crippen molar-refractivity contribution >= 4 is 19.4 Å². The Kier molecular flexibility index (Phi) is 8.23. The van der Waals surface area contributed by atoms with Crippen LogP contribution in [0.15, 0.2) is 41.4 Å². The van der Waals surface area contributed by atoms with Gasteiger partial charge in [0.1, 0.15) is 17.1 Å². The molecular formula is C26H36N3O6P. The SMILES string of the molecule is CCCCc1ccc(OP(=O)(O)O)c(CCCC)c1.O=C1C=C(N2CC2)C(=O)C(N2CC2)=C1N1CC1. The Labute approximate surface area is 212 Å². The molecule has 0 aromatic heterocycles. The molecule has 1 aromatic carbocycles. The Bertz CT molecular complexity index is 1110. The van der Waals surface area contributed by atoms with Gasteiger partial charge in [0.2, 0.25) is 11.6 Å². The number of hydrogen-bond acceptors (Lipinski definition) is 7. The number of nitrogens with zero attached hydrogens (tertiary/aromatic N) is 3. The Morgan fingerprint density at radius 1 is 0.861 bits per heavy atom. The summed E-state index contributed by atoms with van der Waals surface area (Å²) in [6.07, 6.45) is 7.56. The summed E-state index contributed by atoms with van der Waals surface area (Å²) in [4.78, 5) is 48.3. The molecular weight excluding hydrogens is 481 g/mol. The molecule has 3 saturated heterocycles. The van der Waals surface area contributed by atoms with Crippen LogP contribution in [0.4, 0.5) is 0 Å². The van der Waals surface area contributed by atoms with Gasteiger partial charge in [0.05, 0.1) is 5.70 Å². The summed E-state index contributed by atoms with van der Waals surface area (Å²) in [5.41, 5.74) is 3.97. The first-order valence-electron chi connectivity index (χ1n) is 12.9. The van der Waals surface area contributed by atoms with Crippen LogP contribution in [0, 0.1) is 0 Å². The van der Waals surface area contributed by atoms with E-state index in [4.69, 9.17) is 14.3 Å². The first-order valence-corrected chi connectivity index (χ1v) is 14.4. The van der Waals surface area contributed by atoms with Gasteiger partial charge in [0, 0.05) is 45.3 Å². The average molecular weight is 518 g/mol. The predicted molar refractivity (Wildman–Crippen MR) is 136 cm³/mol. The van der Waals surface area contributed by atoms with Crippen LogP contribution in [0.25, 0.3) is 0 Å². The Balaban J connectivity index is 0.000000169. The minimum Gasteiger partial charge on any atom is -0.404 e. The topological polar surface area (TPSA) is 110 Å². The molecule has 1 aliphatic carbocycles. The molecule has 196 valence electrons. The van der Waals surface area contributed by atoms with Gasteiger partial charge in [0.25, 0.3) is 0 Å². The van der Waals surface area contributed by atoms with Crippen molar-refractivity contribution in [2.24, 2.45) is 0 Å². The maximum absolute atomic E-state index is 12.4. The highest BCUT2D eigenvalue weighted by molar-refractivity contribution is 7.46. The molecule has 0 atom stereocenters. The predicted octanol–water partition coefficient (Wildman–Crippen LogP) is 3.02. The number of carbonyl (C=O) groups excluding carboxylic acids is 2. The number of ketones is 2. The van der Waals surface area contributed by atoms with Gasteiger partial charge in [-0.15, -0.1) is 0 Å². The van der Waals surface area contributed by atoms with Crippen molar-refractivity contribution in [2.75, 3.05) is 39.3 Å². The van der Waals surface area contributed by atoms with E-state index in [1.165, 1.54) is 11.6 Å². The number of carbonyl (C=O) groups is 2. The van der Waals surface area contributed by atoms with Crippen molar-refractivity contribution in [3.8, 4) is 5.75 Å². The van der Waals surface area contributed by atoms with Crippen molar-refractivity contribution in [1.82, 2.24) is 14.7 Å². The fraction of sp³-hybridized carbons (Fsp3) is 0.538. The number of hydrogen-bond donors (Lipinski definition) is 2. The fourth-order valence-electron chi connectivity index (χ4n) is 4.22. The standard InChI is InChI=1S/C14H23O4P.C12H13N3O2/c1-3-5-7-12-9-10-14(18-19(15,16)17)13(11-12)8-6-4-2;16-9-7-8(13-1-2-13)12(17)11(15-5-6-15)10(9)14-3-4-14/h9-11H,3-8H2,1-2H3,(H2,15,16,17);7H,1-6H2. The molecule has 10 heteroatoms. The zero-order valence-electron chi connectivity index (χ0n) is 21.1. The van der Waals surface area contributed by atoms with Crippen molar-refractivity contribution in [2.45, 2.75) is 52.4 Å². The van der Waals surface area contributed by atoms with Crippen LogP contribution in [0.1, 0.15) is 50.7 Å². The molecule has 0 amide bonds. The Hall–Kier alpha value is -2.61. The summed E-state index contributed by atoms with van der Waals surface area (Å²) in [5.74, 6) is 0.356. The first-order chi connectivity index (χ1) is 17.2. The summed E-state index contributed by atoms with van der Waals surface area (Å²) in [5, 5.41) is 0. The monoisotopic (exact) mass is 517 g/mol. The van der Waals surface area contributed by atoms with Crippen LogP contribution in [-0.4, -0.2) is 75.3 Å². The molecule has 0 spiro atoms. The van der Waals surface area contributed by atoms with Crippen LogP contribution in [0.2, 0.25) is 0 Å². The summed E-state index contributed by atoms with van der Waals surface area (Å²) in [6.45, 7) is 9.64. The van der Waals surface area contributed by atoms with Gasteiger partial charge in [-0.1, -0.05) is 38.8 Å². The van der Waals surface area contributed by atoms with E-state index in [1.54, 1.807) is 6.07 Å². The van der Waals surface area contributed by atoms with Crippen molar-refractivity contribution in [3.05, 3.63) is 52.5 Å². The van der Waals surface area contributed by atoms with Crippen molar-refractivity contribution in [1.29, 1.82) is 0 Å². The van der Waals surface area contributed by atoms with Crippen molar-refractivity contribution in [3.63, 3.8) is 0 Å². The van der Waals surface area contributed by atoms with E-state index in [-0.39, 0.29) is 11.6 Å². The number of rotatable bonds is 11. The lowest BCUT2D eigenvalue weighted by Crippen LogP contribution is -2.29. The highest BCUT2D eigenvalue weighted by atomic mass is 31.2. The van der Waals surface area contributed by atoms with Gasteiger partial charge in [-0.25, -0.2) is 4.57 Å². The molecule has 0 bridgehead atoms. The summed E-state index contributed by atoms with van der Waals surface area (Å²) < 4.78 is 15.7. The summed E-state index contributed by atoms with van der Waals surface area (Å²) >= 11 is 0. The van der Waals surface area contributed by atoms with Crippen LogP contribution in [0.3, 0.4) is 0 Å². The third-order valence-corrected chi connectivity index (χ3v) is 6.88. The fourth-order valence-corrected chi connectivity index (χ4v) is 4.66. The van der Waals surface area contributed by atoms with Gasteiger partial charge >= 0.3 is 7.82 Å². The van der Waals surface area contributed by atoms with Gasteiger partial charge in [-0.2, -0.15) is 0 Å². The molecule has 0 radical (unpaired) electrons. The highest BCUT2D eigenvalue weighted by Gasteiger charge is 2.43. The maximum atomic E-state index is 12.4. The average Bonchev–Trinajstić information content (AvgIpc) is 3.68. The molecule has 1 aromatic rings. The van der Waals surface area contributed by atoms with E-state index >= 15 is 0 Å². The second-order valence-corrected chi connectivity index (χ2v) is 10.8. The molecule has 36 heavy (non-hydrogen) atoms. The summed E-state index contributed by atoms with van der Waals surface area (Å²) in [7, 11) is -4.48. The zero-order valence-corrected chi connectivity index (χ0v) is 22.0. The van der Waals surface area contributed by atoms with E-state index in [0.717, 1.165) is 83.4 Å². The number of Topliss-reactive ketones (excluding diaryl/α,β-unsaturated/α-hetero) is 1. The lowest BCUT2D eigenvalue weighted by Gasteiger charge is -2.21. The lowest BCUT2D eigenvalue weighted by atomic mass is 10.0. The van der Waals surface area contributed by atoms with E-state index in [9.17, 15) is 14.2 Å². The maximum Gasteiger partial charge on any atom is 0.524 e. The van der Waals surface area contributed by atoms with E-state index in [0.29, 0.717) is 22.8 Å². The van der Waals surface area contributed by atoms with E-state index in [1.807, 2.05) is 26.8 Å². The van der Waals surface area contributed by atoms with Crippen LogP contribution in [-0.2, 0) is 27.0 Å². The number of allylic oxidation sites excluding steroid dienone is 1. The molecule has 0 unspecified atom stereocenters. The summed E-state index contributed by atoms with van der Waals surface area (Å²) in [6, 6.07) is 5.57. The third-order valence-electron chi connectivity index (χ3n) is 6.45. The van der Waals surface area contributed by atoms with E-state index < -0.39 is 7.82 Å². The number of phosphoric ester groups is 1. The van der Waals surface area contributed by atoms with Gasteiger partial charge in [-0.05, 0) is 42.9 Å². The minimum absolute atomic E-state index is 0.00546. The van der Waals surface area contributed by atoms with Crippen molar-refractivity contribution < 1.29 is 28.5 Å². The normalized spacial score (nSPS) is 18.7. The van der Waals surface area contributed by atoms with Crippen LogP contribution in [0.5, 0.6) is 5.75 Å². The molecule has 2 N–H and O–H groups in total. The molecule has 3 aliphatic heterocycles. The minimum atomic E-state index is -4.48. The largest absolute Gasteiger partial charge is 0.524 e. The number of benzene rings is 1. The van der Waals surface area contributed by atoms with Crippen LogP contribution < -0.4 is 4.52 Å². The molecule has 4 aliphatic rings. The third kappa shape index (κ3) is 6.99. The van der Waals surface area contributed by atoms with E-state index in [2.05, 4.69) is 13.8 Å². The second kappa shape index (κ2) is 11.2. The van der Waals surface area contributed by atoms with Gasteiger partial charge < -0.3 is 19.2 Å². The highest BCUT2D eigenvalue weighted by Crippen LogP contribution is 2.40. The molecule has 9 nitrogen and oxygen atoms in total. The lowest BCUT2D eigenvalue weighted by molar-refractivity contribution is -0.117.